The maximum Gasteiger partial charge on any atom is 0.411 e. The van der Waals surface area contributed by atoms with E-state index in [4.69, 9.17) is 5.73 Å². The zero-order chi connectivity index (χ0) is 11.3. The van der Waals surface area contributed by atoms with Gasteiger partial charge in [0.05, 0.1) is 6.61 Å². The fourth-order valence-corrected chi connectivity index (χ4v) is 1.00. The van der Waals surface area contributed by atoms with Crippen LogP contribution in [0.2, 0.25) is 0 Å². The second-order valence-corrected chi connectivity index (χ2v) is 2.79. The summed E-state index contributed by atoms with van der Waals surface area (Å²) in [5.41, 5.74) is 6.01. The van der Waals surface area contributed by atoms with E-state index in [2.05, 4.69) is 10.1 Å². The Hall–Kier alpha value is -2.04. The summed E-state index contributed by atoms with van der Waals surface area (Å²) in [7, 11) is 0. The highest BCUT2D eigenvalue weighted by Crippen LogP contribution is 2.09. The molecule has 0 heterocycles. The first-order valence-electron chi connectivity index (χ1n) is 4.47. The molecule has 0 radical (unpaired) electrons. The van der Waals surface area contributed by atoms with E-state index in [1.165, 1.54) is 12.1 Å². The predicted octanol–water partition coefficient (Wildman–Crippen LogP) is 1.35. The molecular formula is C10H12N2O3. The van der Waals surface area contributed by atoms with Crippen LogP contribution < -0.4 is 11.1 Å². The van der Waals surface area contributed by atoms with Gasteiger partial charge in [-0.05, 0) is 31.2 Å². The molecule has 1 aromatic rings. The molecule has 0 saturated carbocycles. The summed E-state index contributed by atoms with van der Waals surface area (Å²) in [5.74, 6) is -0.502. The first kappa shape index (κ1) is 11.0. The number of anilines is 1. The van der Waals surface area contributed by atoms with Gasteiger partial charge in [-0.2, -0.15) is 0 Å². The van der Waals surface area contributed by atoms with Crippen molar-refractivity contribution in [1.82, 2.24) is 0 Å². The molecule has 0 aromatic heterocycles. The third-order valence-electron chi connectivity index (χ3n) is 1.69. The Labute approximate surface area is 87.2 Å². The number of primary amides is 1. The van der Waals surface area contributed by atoms with Crippen LogP contribution in [0.3, 0.4) is 0 Å². The van der Waals surface area contributed by atoms with Crippen molar-refractivity contribution in [2.75, 3.05) is 11.9 Å². The molecule has 80 valence electrons. The van der Waals surface area contributed by atoms with Crippen LogP contribution in [-0.2, 0) is 4.74 Å². The fraction of sp³-hybridized carbons (Fsp3) is 0.200. The standard InChI is InChI=1S/C10H12N2O3/c1-2-15-10(14)12-8-5-3-7(4-6-8)9(11)13/h3-6H,2H2,1H3,(H2,11,13)(H,12,14). The number of ether oxygens (including phenoxy) is 1. The minimum Gasteiger partial charge on any atom is -0.450 e. The van der Waals surface area contributed by atoms with E-state index >= 15 is 0 Å². The molecule has 1 rings (SSSR count). The van der Waals surface area contributed by atoms with Gasteiger partial charge in [0.1, 0.15) is 0 Å². The molecule has 0 bridgehead atoms. The summed E-state index contributed by atoms with van der Waals surface area (Å²) in [5, 5.41) is 2.50. The van der Waals surface area contributed by atoms with Crippen molar-refractivity contribution < 1.29 is 14.3 Å². The summed E-state index contributed by atoms with van der Waals surface area (Å²) >= 11 is 0. The van der Waals surface area contributed by atoms with Gasteiger partial charge in [-0.15, -0.1) is 0 Å². The highest BCUT2D eigenvalue weighted by Gasteiger charge is 2.03. The third kappa shape index (κ3) is 3.30. The molecule has 5 nitrogen and oxygen atoms in total. The van der Waals surface area contributed by atoms with E-state index in [0.717, 1.165) is 0 Å². The first-order valence-corrected chi connectivity index (χ1v) is 4.47. The van der Waals surface area contributed by atoms with Gasteiger partial charge in [0, 0.05) is 11.3 Å². The molecule has 0 atom stereocenters. The number of hydrogen-bond acceptors (Lipinski definition) is 3. The molecule has 0 aliphatic heterocycles. The van der Waals surface area contributed by atoms with Crippen LogP contribution >= 0.6 is 0 Å². The van der Waals surface area contributed by atoms with Crippen molar-refractivity contribution in [3.63, 3.8) is 0 Å². The molecule has 3 N–H and O–H groups in total. The lowest BCUT2D eigenvalue weighted by Gasteiger charge is -2.04. The Bertz CT molecular complexity index is 359. The molecule has 15 heavy (non-hydrogen) atoms. The molecule has 0 spiro atoms. The van der Waals surface area contributed by atoms with Crippen molar-refractivity contribution >= 4 is 17.7 Å². The summed E-state index contributed by atoms with van der Waals surface area (Å²) in [6.45, 7) is 2.03. The normalized spacial score (nSPS) is 9.40. The lowest BCUT2D eigenvalue weighted by atomic mass is 10.2. The minimum atomic E-state index is -0.524. The number of nitrogens with two attached hydrogens (primary N) is 1. The summed E-state index contributed by atoms with van der Waals surface area (Å²) in [6, 6.07) is 6.22. The van der Waals surface area contributed by atoms with Gasteiger partial charge < -0.3 is 10.5 Å². The molecule has 0 saturated heterocycles. The fourth-order valence-electron chi connectivity index (χ4n) is 1.00. The van der Waals surface area contributed by atoms with Gasteiger partial charge in [0.15, 0.2) is 0 Å². The van der Waals surface area contributed by atoms with Crippen molar-refractivity contribution in [1.29, 1.82) is 0 Å². The number of carbonyl (C=O) groups excluding carboxylic acids is 2. The Morgan fingerprint density at radius 1 is 1.33 bits per heavy atom. The molecule has 1 aromatic carbocycles. The van der Waals surface area contributed by atoms with Crippen LogP contribution in [0.25, 0.3) is 0 Å². The number of carbonyl (C=O) groups is 2. The van der Waals surface area contributed by atoms with Crippen LogP contribution in [0.5, 0.6) is 0 Å². The Morgan fingerprint density at radius 3 is 2.40 bits per heavy atom. The number of nitrogens with one attached hydrogen (secondary N) is 1. The van der Waals surface area contributed by atoms with Crippen LogP contribution in [0.15, 0.2) is 24.3 Å². The van der Waals surface area contributed by atoms with Crippen LogP contribution in [-0.4, -0.2) is 18.6 Å². The molecule has 0 unspecified atom stereocenters. The SMILES string of the molecule is CCOC(=O)Nc1ccc(C(N)=O)cc1. The van der Waals surface area contributed by atoms with E-state index in [-0.39, 0.29) is 0 Å². The summed E-state index contributed by atoms with van der Waals surface area (Å²) in [6.07, 6.45) is -0.524. The quantitative estimate of drug-likeness (QED) is 0.786. The largest absolute Gasteiger partial charge is 0.450 e. The minimum absolute atomic E-state index is 0.311. The van der Waals surface area contributed by atoms with Gasteiger partial charge in [-0.1, -0.05) is 0 Å². The number of rotatable bonds is 3. The van der Waals surface area contributed by atoms with E-state index in [1.807, 2.05) is 0 Å². The van der Waals surface area contributed by atoms with E-state index in [0.29, 0.717) is 17.9 Å². The van der Waals surface area contributed by atoms with E-state index < -0.39 is 12.0 Å². The van der Waals surface area contributed by atoms with Crippen molar-refractivity contribution in [3.8, 4) is 0 Å². The average Bonchev–Trinajstić information content (AvgIpc) is 2.18. The van der Waals surface area contributed by atoms with Crippen LogP contribution in [0.1, 0.15) is 17.3 Å². The topological polar surface area (TPSA) is 81.4 Å². The molecule has 2 amide bonds. The van der Waals surface area contributed by atoms with Gasteiger partial charge in [-0.3, -0.25) is 10.1 Å². The van der Waals surface area contributed by atoms with Crippen molar-refractivity contribution in [2.24, 2.45) is 5.73 Å². The summed E-state index contributed by atoms with van der Waals surface area (Å²) < 4.78 is 4.68. The Balaban J connectivity index is 2.64. The maximum absolute atomic E-state index is 11.0. The number of benzene rings is 1. The summed E-state index contributed by atoms with van der Waals surface area (Å²) in [4.78, 5) is 21.8. The lowest BCUT2D eigenvalue weighted by molar-refractivity contribution is 0.100. The Kier molecular flexibility index (Phi) is 3.68. The van der Waals surface area contributed by atoms with Gasteiger partial charge in [-0.25, -0.2) is 4.79 Å². The van der Waals surface area contributed by atoms with Gasteiger partial charge in [0.2, 0.25) is 5.91 Å². The highest BCUT2D eigenvalue weighted by molar-refractivity contribution is 5.93. The zero-order valence-corrected chi connectivity index (χ0v) is 8.32. The molecule has 0 aliphatic rings. The lowest BCUT2D eigenvalue weighted by Crippen LogP contribution is -2.14. The Morgan fingerprint density at radius 2 is 1.93 bits per heavy atom. The van der Waals surface area contributed by atoms with E-state index in [1.54, 1.807) is 19.1 Å². The predicted molar refractivity (Wildman–Crippen MR) is 55.6 cm³/mol. The zero-order valence-electron chi connectivity index (χ0n) is 8.32. The molecular weight excluding hydrogens is 196 g/mol. The third-order valence-corrected chi connectivity index (χ3v) is 1.69. The second-order valence-electron chi connectivity index (χ2n) is 2.79. The second kappa shape index (κ2) is 4.99. The number of amides is 2. The molecule has 5 heteroatoms. The van der Waals surface area contributed by atoms with Crippen molar-refractivity contribution in [3.05, 3.63) is 29.8 Å². The molecule has 0 aliphatic carbocycles. The monoisotopic (exact) mass is 208 g/mol. The van der Waals surface area contributed by atoms with Gasteiger partial charge in [0.25, 0.3) is 0 Å². The molecule has 0 fully saturated rings. The van der Waals surface area contributed by atoms with Gasteiger partial charge >= 0.3 is 6.09 Å². The highest BCUT2D eigenvalue weighted by atomic mass is 16.5. The van der Waals surface area contributed by atoms with Crippen LogP contribution in [0.4, 0.5) is 10.5 Å². The smallest absolute Gasteiger partial charge is 0.411 e. The van der Waals surface area contributed by atoms with Crippen molar-refractivity contribution in [2.45, 2.75) is 6.92 Å². The van der Waals surface area contributed by atoms with E-state index in [9.17, 15) is 9.59 Å². The average molecular weight is 208 g/mol. The number of hydrogen-bond donors (Lipinski definition) is 2. The first-order chi connectivity index (χ1) is 7.13. The van der Waals surface area contributed by atoms with Crippen LogP contribution in [0, 0.1) is 0 Å². The maximum atomic E-state index is 11.0.